The molecule has 1 aromatic heterocycles. The van der Waals surface area contributed by atoms with Crippen LogP contribution < -0.4 is 5.32 Å². The molecule has 0 radical (unpaired) electrons. The maximum Gasteiger partial charge on any atom is 0.253 e. The van der Waals surface area contributed by atoms with Crippen molar-refractivity contribution in [3.8, 4) is 0 Å². The normalized spacial score (nSPS) is 9.93. The quantitative estimate of drug-likeness (QED) is 0.731. The molecule has 0 spiro atoms. The van der Waals surface area contributed by atoms with Crippen molar-refractivity contribution in [3.63, 3.8) is 0 Å². The lowest BCUT2D eigenvalue weighted by Crippen LogP contribution is -2.27. The van der Waals surface area contributed by atoms with Crippen LogP contribution in [0.2, 0.25) is 5.15 Å². The average Bonchev–Trinajstić information content (AvgIpc) is 2.14. The summed E-state index contributed by atoms with van der Waals surface area (Å²) in [7, 11) is 0. The molecule has 0 aromatic carbocycles. The molecule has 0 aliphatic carbocycles. The molecule has 2 N–H and O–H groups in total. The van der Waals surface area contributed by atoms with Crippen molar-refractivity contribution >= 4 is 17.5 Å². The van der Waals surface area contributed by atoms with Crippen molar-refractivity contribution < 1.29 is 9.90 Å². The zero-order valence-electron chi connectivity index (χ0n) is 7.75. The third-order valence-corrected chi connectivity index (χ3v) is 1.90. The number of carbonyl (C=O) groups excluding carboxylic acids is 1. The minimum absolute atomic E-state index is 0.0776. The summed E-state index contributed by atoms with van der Waals surface area (Å²) in [4.78, 5) is 15.4. The molecule has 0 unspecified atom stereocenters. The Balaban J connectivity index is 2.80. The van der Waals surface area contributed by atoms with Gasteiger partial charge in [0.05, 0.1) is 17.9 Å². The lowest BCUT2D eigenvalue weighted by atomic mass is 10.2. The zero-order valence-corrected chi connectivity index (χ0v) is 8.51. The smallest absolute Gasteiger partial charge is 0.253 e. The van der Waals surface area contributed by atoms with Crippen LogP contribution in [0.25, 0.3) is 0 Å². The van der Waals surface area contributed by atoms with Crippen molar-refractivity contribution in [1.29, 1.82) is 0 Å². The summed E-state index contributed by atoms with van der Waals surface area (Å²) < 4.78 is 0. The fourth-order valence-electron chi connectivity index (χ4n) is 1.04. The minimum Gasteiger partial charge on any atom is -0.395 e. The van der Waals surface area contributed by atoms with Crippen LogP contribution in [0.5, 0.6) is 0 Å². The summed E-state index contributed by atoms with van der Waals surface area (Å²) in [5.41, 5.74) is 1.05. The van der Waals surface area contributed by atoms with Crippen molar-refractivity contribution in [2.24, 2.45) is 0 Å². The summed E-state index contributed by atoms with van der Waals surface area (Å²) in [6.45, 7) is 1.87. The second kappa shape index (κ2) is 4.93. The van der Waals surface area contributed by atoms with Gasteiger partial charge in [-0.1, -0.05) is 11.6 Å². The number of amides is 1. The maximum atomic E-state index is 11.4. The predicted molar refractivity (Wildman–Crippen MR) is 53.4 cm³/mol. The maximum absolute atomic E-state index is 11.4. The van der Waals surface area contributed by atoms with Gasteiger partial charge in [0.1, 0.15) is 5.15 Å². The molecule has 1 aromatic rings. The number of halogens is 1. The number of carbonyl (C=O) groups is 1. The van der Waals surface area contributed by atoms with E-state index in [9.17, 15) is 4.79 Å². The van der Waals surface area contributed by atoms with Crippen LogP contribution in [-0.2, 0) is 0 Å². The Bertz CT molecular complexity index is 342. The second-order valence-corrected chi connectivity index (χ2v) is 3.13. The third kappa shape index (κ3) is 2.68. The molecule has 0 saturated carbocycles. The molecule has 4 nitrogen and oxygen atoms in total. The molecule has 0 aliphatic heterocycles. The molecule has 1 amide bonds. The Morgan fingerprint density at radius 2 is 2.36 bits per heavy atom. The van der Waals surface area contributed by atoms with Crippen LogP contribution in [-0.4, -0.2) is 29.1 Å². The molecule has 0 fully saturated rings. The molecule has 14 heavy (non-hydrogen) atoms. The molecule has 1 rings (SSSR count). The van der Waals surface area contributed by atoms with Crippen molar-refractivity contribution in [2.45, 2.75) is 6.92 Å². The first-order valence-electron chi connectivity index (χ1n) is 4.17. The molecular formula is C9H11ClN2O2. The van der Waals surface area contributed by atoms with Gasteiger partial charge in [-0.25, -0.2) is 4.98 Å². The van der Waals surface area contributed by atoms with E-state index in [4.69, 9.17) is 16.7 Å². The number of hydrogen-bond donors (Lipinski definition) is 2. The lowest BCUT2D eigenvalue weighted by molar-refractivity contribution is 0.0944. The van der Waals surface area contributed by atoms with E-state index in [0.29, 0.717) is 16.4 Å². The average molecular weight is 215 g/mol. The third-order valence-electron chi connectivity index (χ3n) is 1.69. The Labute approximate surface area is 86.9 Å². The Morgan fingerprint density at radius 1 is 1.64 bits per heavy atom. The molecule has 76 valence electrons. The summed E-state index contributed by atoms with van der Waals surface area (Å²) >= 11 is 5.64. The number of pyridine rings is 1. The number of aromatic nitrogens is 1. The number of nitrogens with one attached hydrogen (secondary N) is 1. The second-order valence-electron chi connectivity index (χ2n) is 2.75. The Kier molecular flexibility index (Phi) is 3.85. The van der Waals surface area contributed by atoms with Gasteiger partial charge in [-0.05, 0) is 19.1 Å². The number of nitrogens with zero attached hydrogens (tertiary/aromatic N) is 1. The van der Waals surface area contributed by atoms with E-state index < -0.39 is 0 Å². The molecule has 0 saturated heterocycles. The highest BCUT2D eigenvalue weighted by Crippen LogP contribution is 2.10. The molecule has 0 bridgehead atoms. The van der Waals surface area contributed by atoms with Gasteiger partial charge in [-0.2, -0.15) is 0 Å². The van der Waals surface area contributed by atoms with E-state index in [0.717, 1.165) is 0 Å². The zero-order chi connectivity index (χ0) is 10.6. The van der Waals surface area contributed by atoms with E-state index in [1.807, 2.05) is 0 Å². The molecule has 1 heterocycles. The monoisotopic (exact) mass is 214 g/mol. The fourth-order valence-corrected chi connectivity index (χ4v) is 1.22. The molecule has 0 aliphatic rings. The van der Waals surface area contributed by atoms with Gasteiger partial charge >= 0.3 is 0 Å². The summed E-state index contributed by atoms with van der Waals surface area (Å²) in [6, 6.07) is 3.17. The molecule has 0 atom stereocenters. The lowest BCUT2D eigenvalue weighted by Gasteiger charge is -2.05. The van der Waals surface area contributed by atoms with Crippen molar-refractivity contribution in [1.82, 2.24) is 10.3 Å². The van der Waals surface area contributed by atoms with E-state index in [1.54, 1.807) is 19.1 Å². The van der Waals surface area contributed by atoms with E-state index >= 15 is 0 Å². The van der Waals surface area contributed by atoms with Crippen molar-refractivity contribution in [2.75, 3.05) is 13.2 Å². The summed E-state index contributed by atoms with van der Waals surface area (Å²) in [6.07, 6.45) is 0. The number of rotatable bonds is 3. The van der Waals surface area contributed by atoms with Crippen LogP contribution >= 0.6 is 11.6 Å². The molecule has 5 heteroatoms. The summed E-state index contributed by atoms with van der Waals surface area (Å²) in [5.74, 6) is -0.249. The van der Waals surface area contributed by atoms with Crippen LogP contribution in [0, 0.1) is 6.92 Å². The largest absolute Gasteiger partial charge is 0.395 e. The Hall–Kier alpha value is -1.13. The van der Waals surface area contributed by atoms with Crippen LogP contribution in [0.1, 0.15) is 16.1 Å². The topological polar surface area (TPSA) is 62.2 Å². The highest BCUT2D eigenvalue weighted by molar-refractivity contribution is 6.29. The SMILES string of the molecule is Cc1nc(Cl)ccc1C(=O)NCCO. The van der Waals surface area contributed by atoms with Gasteiger partial charge in [0.25, 0.3) is 5.91 Å². The van der Waals surface area contributed by atoms with E-state index in [-0.39, 0.29) is 19.1 Å². The molecular weight excluding hydrogens is 204 g/mol. The van der Waals surface area contributed by atoms with Gasteiger partial charge < -0.3 is 10.4 Å². The standard InChI is InChI=1S/C9H11ClN2O2/c1-6-7(2-3-8(10)12-6)9(14)11-4-5-13/h2-3,13H,4-5H2,1H3,(H,11,14). The van der Waals surface area contributed by atoms with Crippen LogP contribution in [0.4, 0.5) is 0 Å². The number of aryl methyl sites for hydroxylation is 1. The van der Waals surface area contributed by atoms with Gasteiger partial charge in [0.15, 0.2) is 0 Å². The van der Waals surface area contributed by atoms with Crippen LogP contribution in [0.3, 0.4) is 0 Å². The number of aliphatic hydroxyl groups is 1. The number of hydrogen-bond acceptors (Lipinski definition) is 3. The van der Waals surface area contributed by atoms with E-state index in [1.165, 1.54) is 0 Å². The first-order chi connectivity index (χ1) is 6.65. The van der Waals surface area contributed by atoms with E-state index in [2.05, 4.69) is 10.3 Å². The van der Waals surface area contributed by atoms with Crippen LogP contribution in [0.15, 0.2) is 12.1 Å². The highest BCUT2D eigenvalue weighted by Gasteiger charge is 2.08. The highest BCUT2D eigenvalue weighted by atomic mass is 35.5. The van der Waals surface area contributed by atoms with Gasteiger partial charge in [-0.15, -0.1) is 0 Å². The number of aliphatic hydroxyl groups excluding tert-OH is 1. The van der Waals surface area contributed by atoms with Crippen molar-refractivity contribution in [3.05, 3.63) is 28.5 Å². The minimum atomic E-state index is -0.249. The first-order valence-corrected chi connectivity index (χ1v) is 4.55. The first kappa shape index (κ1) is 10.9. The predicted octanol–water partition coefficient (Wildman–Crippen LogP) is 0.766. The Morgan fingerprint density at radius 3 is 2.93 bits per heavy atom. The van der Waals surface area contributed by atoms with Gasteiger partial charge in [0.2, 0.25) is 0 Å². The van der Waals surface area contributed by atoms with Gasteiger partial charge in [-0.3, -0.25) is 4.79 Å². The fraction of sp³-hybridized carbons (Fsp3) is 0.333. The summed E-state index contributed by atoms with van der Waals surface area (Å²) in [5, 5.41) is 11.4. The van der Waals surface area contributed by atoms with Gasteiger partial charge in [0, 0.05) is 6.54 Å².